The van der Waals surface area contributed by atoms with Gasteiger partial charge in [-0.1, -0.05) is 13.0 Å². The summed E-state index contributed by atoms with van der Waals surface area (Å²) in [5.74, 6) is 1.04. The Balaban J connectivity index is 0.00000256. The average molecular weight is 331 g/mol. The van der Waals surface area contributed by atoms with Gasteiger partial charge in [0.2, 0.25) is 5.75 Å². The van der Waals surface area contributed by atoms with Crippen LogP contribution >= 0.6 is 0 Å². The first kappa shape index (κ1) is 16.0. The summed E-state index contributed by atoms with van der Waals surface area (Å²) >= 11 is 0. The van der Waals surface area contributed by atoms with Gasteiger partial charge in [-0.05, 0) is 19.1 Å². The van der Waals surface area contributed by atoms with Gasteiger partial charge in [0.1, 0.15) is 0 Å². The summed E-state index contributed by atoms with van der Waals surface area (Å²) in [5, 5.41) is 0. The van der Waals surface area contributed by atoms with Gasteiger partial charge in [0, 0.05) is 26.8 Å². The van der Waals surface area contributed by atoms with Gasteiger partial charge >= 0.3 is 5.97 Å². The third-order valence-electron chi connectivity index (χ3n) is 1.97. The van der Waals surface area contributed by atoms with Gasteiger partial charge in [-0.25, -0.2) is 0 Å². The van der Waals surface area contributed by atoms with Crippen molar-refractivity contribution in [2.24, 2.45) is 0 Å². The van der Waals surface area contributed by atoms with Crippen LogP contribution in [-0.2, 0) is 25.2 Å². The molecule has 98 valence electrons. The van der Waals surface area contributed by atoms with E-state index in [1.54, 1.807) is 25.1 Å². The van der Waals surface area contributed by atoms with Crippen LogP contribution in [0.5, 0.6) is 17.2 Å². The number of benzene rings is 1. The van der Waals surface area contributed by atoms with Gasteiger partial charge in [0.15, 0.2) is 11.5 Å². The average Bonchev–Trinajstić information content (AvgIpc) is 2.31. The molecular weight excluding hydrogens is 315 g/mol. The number of para-hydroxylation sites is 1. The van der Waals surface area contributed by atoms with Crippen molar-refractivity contribution in [3.05, 3.63) is 18.2 Å². The Kier molecular flexibility index (Phi) is 7.60. The number of rotatable bonds is 5. The first-order valence-corrected chi connectivity index (χ1v) is 5.23. The quantitative estimate of drug-likeness (QED) is 0.472. The van der Waals surface area contributed by atoms with Crippen LogP contribution in [0.4, 0.5) is 0 Å². The smallest absolute Gasteiger partial charge is 0.311 e. The molecule has 0 amide bonds. The summed E-state index contributed by atoms with van der Waals surface area (Å²) < 4.78 is 15.7. The Morgan fingerprint density at radius 2 is 1.88 bits per heavy atom. The Morgan fingerprint density at radius 1 is 1.24 bits per heavy atom. The Bertz CT molecular complexity index is 366. The minimum Gasteiger partial charge on any atom is -0.493 e. The summed E-state index contributed by atoms with van der Waals surface area (Å²) in [5.41, 5.74) is 0. The van der Waals surface area contributed by atoms with Crippen molar-refractivity contribution >= 4 is 5.97 Å². The summed E-state index contributed by atoms with van der Waals surface area (Å²) in [6.07, 6.45) is 0.309. The van der Waals surface area contributed by atoms with Crippen LogP contribution in [0, 0.1) is 0 Å². The number of carbonyl (C=O) groups excluding carboxylic acids is 1. The SMILES string of the molecule is CCOc1cccc(OC)c1OC(=O)CC.[Pd]. The van der Waals surface area contributed by atoms with Crippen molar-refractivity contribution in [2.75, 3.05) is 13.7 Å². The topological polar surface area (TPSA) is 44.8 Å². The molecule has 0 saturated carbocycles. The van der Waals surface area contributed by atoms with Crippen LogP contribution in [0.1, 0.15) is 20.3 Å². The van der Waals surface area contributed by atoms with Crippen molar-refractivity contribution in [3.8, 4) is 17.2 Å². The molecule has 0 spiro atoms. The first-order valence-electron chi connectivity index (χ1n) is 5.23. The van der Waals surface area contributed by atoms with Gasteiger partial charge in [0.25, 0.3) is 0 Å². The van der Waals surface area contributed by atoms with E-state index in [2.05, 4.69) is 0 Å². The standard InChI is InChI=1S/C12H16O4.Pd/c1-4-11(13)16-12-9(14-3)7-6-8-10(12)15-5-2;/h6-8H,4-5H2,1-3H3;. The van der Waals surface area contributed by atoms with E-state index < -0.39 is 0 Å². The Hall–Kier alpha value is -1.05. The molecule has 0 heterocycles. The predicted octanol–water partition coefficient (Wildman–Crippen LogP) is 2.41. The maximum Gasteiger partial charge on any atom is 0.311 e. The normalized spacial score (nSPS) is 9.12. The van der Waals surface area contributed by atoms with Crippen molar-refractivity contribution in [2.45, 2.75) is 20.3 Å². The molecule has 0 radical (unpaired) electrons. The maximum atomic E-state index is 11.3. The van der Waals surface area contributed by atoms with Crippen LogP contribution in [0.15, 0.2) is 18.2 Å². The molecule has 0 aromatic heterocycles. The zero-order valence-corrected chi connectivity index (χ0v) is 11.7. The summed E-state index contributed by atoms with van der Waals surface area (Å²) in [4.78, 5) is 11.3. The second kappa shape index (κ2) is 8.10. The van der Waals surface area contributed by atoms with Gasteiger partial charge in [-0.2, -0.15) is 0 Å². The van der Waals surface area contributed by atoms with Crippen LogP contribution < -0.4 is 14.2 Å². The number of hydrogen-bond donors (Lipinski definition) is 0. The minimum atomic E-state index is -0.314. The van der Waals surface area contributed by atoms with Crippen molar-refractivity contribution in [1.29, 1.82) is 0 Å². The molecule has 0 bridgehead atoms. The molecule has 1 rings (SSSR count). The summed E-state index contributed by atoms with van der Waals surface area (Å²) in [7, 11) is 1.52. The molecule has 4 nitrogen and oxygen atoms in total. The molecule has 0 fully saturated rings. The minimum absolute atomic E-state index is 0. The van der Waals surface area contributed by atoms with Crippen molar-refractivity contribution in [3.63, 3.8) is 0 Å². The van der Waals surface area contributed by atoms with E-state index >= 15 is 0 Å². The third-order valence-corrected chi connectivity index (χ3v) is 1.97. The molecule has 0 N–H and O–H groups in total. The summed E-state index contributed by atoms with van der Waals surface area (Å²) in [6, 6.07) is 5.25. The molecule has 0 aliphatic carbocycles. The zero-order chi connectivity index (χ0) is 12.0. The van der Waals surface area contributed by atoms with E-state index in [0.29, 0.717) is 30.3 Å². The molecule has 0 atom stereocenters. The largest absolute Gasteiger partial charge is 0.493 e. The monoisotopic (exact) mass is 330 g/mol. The van der Waals surface area contributed by atoms with E-state index in [4.69, 9.17) is 14.2 Å². The van der Waals surface area contributed by atoms with Gasteiger partial charge in [0.05, 0.1) is 13.7 Å². The predicted molar refractivity (Wildman–Crippen MR) is 60.1 cm³/mol. The van der Waals surface area contributed by atoms with Crippen molar-refractivity contribution in [1.82, 2.24) is 0 Å². The number of hydrogen-bond acceptors (Lipinski definition) is 4. The molecular formula is C12H16O4Pd. The molecule has 0 unspecified atom stereocenters. The van der Waals surface area contributed by atoms with E-state index in [1.165, 1.54) is 7.11 Å². The second-order valence-corrected chi connectivity index (χ2v) is 3.05. The fourth-order valence-electron chi connectivity index (χ4n) is 1.21. The van der Waals surface area contributed by atoms with E-state index in [9.17, 15) is 4.79 Å². The molecule has 0 saturated heterocycles. The van der Waals surface area contributed by atoms with Crippen LogP contribution in [0.3, 0.4) is 0 Å². The number of esters is 1. The van der Waals surface area contributed by atoms with E-state index in [-0.39, 0.29) is 26.4 Å². The van der Waals surface area contributed by atoms with Crippen LogP contribution in [0.2, 0.25) is 0 Å². The van der Waals surface area contributed by atoms with E-state index in [0.717, 1.165) is 0 Å². The third kappa shape index (κ3) is 4.37. The Labute approximate surface area is 115 Å². The van der Waals surface area contributed by atoms with Gasteiger partial charge in [-0.15, -0.1) is 0 Å². The molecule has 0 aliphatic heterocycles. The molecule has 5 heteroatoms. The van der Waals surface area contributed by atoms with Crippen molar-refractivity contribution < 1.29 is 39.4 Å². The van der Waals surface area contributed by atoms with E-state index in [1.807, 2.05) is 6.92 Å². The molecule has 0 aliphatic rings. The second-order valence-electron chi connectivity index (χ2n) is 3.05. The van der Waals surface area contributed by atoms with Crippen LogP contribution in [0.25, 0.3) is 0 Å². The molecule has 1 aromatic carbocycles. The maximum absolute atomic E-state index is 11.3. The molecule has 1 aromatic rings. The fraction of sp³-hybridized carbons (Fsp3) is 0.417. The fourth-order valence-corrected chi connectivity index (χ4v) is 1.21. The number of carbonyl (C=O) groups is 1. The zero-order valence-electron chi connectivity index (χ0n) is 10.1. The van der Waals surface area contributed by atoms with Gasteiger partial charge < -0.3 is 14.2 Å². The molecule has 17 heavy (non-hydrogen) atoms. The van der Waals surface area contributed by atoms with Crippen LogP contribution in [-0.4, -0.2) is 19.7 Å². The number of ether oxygens (including phenoxy) is 3. The summed E-state index contributed by atoms with van der Waals surface area (Å²) in [6.45, 7) is 4.10. The number of methoxy groups -OCH3 is 1. The van der Waals surface area contributed by atoms with Gasteiger partial charge in [-0.3, -0.25) is 4.79 Å². The Morgan fingerprint density at radius 3 is 2.41 bits per heavy atom. The first-order chi connectivity index (χ1) is 7.72.